The Morgan fingerprint density at radius 2 is 1.80 bits per heavy atom. The summed E-state index contributed by atoms with van der Waals surface area (Å²) in [4.78, 5) is 12.7. The van der Waals surface area contributed by atoms with Gasteiger partial charge in [-0.25, -0.2) is 12.7 Å². The van der Waals surface area contributed by atoms with E-state index in [1.165, 1.54) is 20.2 Å². The van der Waals surface area contributed by atoms with Gasteiger partial charge >= 0.3 is 0 Å². The van der Waals surface area contributed by atoms with Crippen LogP contribution in [0.15, 0.2) is 33.6 Å². The van der Waals surface area contributed by atoms with E-state index in [4.69, 9.17) is 4.42 Å². The predicted octanol–water partition coefficient (Wildman–Crippen LogP) is 2.95. The number of benzene rings is 1. The van der Waals surface area contributed by atoms with Crippen molar-refractivity contribution in [2.24, 2.45) is 0 Å². The molecule has 2 aromatic rings. The molecular formula is C18H24N2O4S. The number of nitrogens with zero attached hydrogens (tertiary/aromatic N) is 1. The monoisotopic (exact) mass is 364 g/mol. The summed E-state index contributed by atoms with van der Waals surface area (Å²) >= 11 is 0. The van der Waals surface area contributed by atoms with Crippen LogP contribution in [-0.4, -0.2) is 32.7 Å². The summed E-state index contributed by atoms with van der Waals surface area (Å²) < 4.78 is 31.7. The molecule has 1 unspecified atom stereocenters. The average Bonchev–Trinajstić information content (AvgIpc) is 2.96. The highest BCUT2D eigenvalue weighted by Crippen LogP contribution is 2.24. The Morgan fingerprint density at radius 1 is 1.16 bits per heavy atom. The molecule has 0 bridgehead atoms. The summed E-state index contributed by atoms with van der Waals surface area (Å²) in [5, 5.41) is 2.84. The Kier molecular flexibility index (Phi) is 5.39. The van der Waals surface area contributed by atoms with Crippen LogP contribution in [0.3, 0.4) is 0 Å². The lowest BCUT2D eigenvalue weighted by Crippen LogP contribution is -2.28. The molecule has 0 aliphatic rings. The van der Waals surface area contributed by atoms with Crippen LogP contribution in [0.25, 0.3) is 0 Å². The van der Waals surface area contributed by atoms with E-state index in [2.05, 4.69) is 5.32 Å². The van der Waals surface area contributed by atoms with Crippen molar-refractivity contribution in [3.8, 4) is 0 Å². The smallest absolute Gasteiger partial charge is 0.251 e. The largest absolute Gasteiger partial charge is 0.464 e. The predicted molar refractivity (Wildman–Crippen MR) is 96.1 cm³/mol. The molecule has 1 aromatic heterocycles. The first-order chi connectivity index (χ1) is 11.5. The number of furan rings is 1. The minimum Gasteiger partial charge on any atom is -0.464 e. The number of aryl methyl sites for hydroxylation is 2. The van der Waals surface area contributed by atoms with Crippen LogP contribution in [-0.2, 0) is 10.0 Å². The van der Waals surface area contributed by atoms with Gasteiger partial charge in [0.2, 0.25) is 10.0 Å². The lowest BCUT2D eigenvalue weighted by Gasteiger charge is -2.17. The fourth-order valence-corrected chi connectivity index (χ4v) is 3.68. The second-order valence-corrected chi connectivity index (χ2v) is 8.47. The lowest BCUT2D eigenvalue weighted by molar-refractivity contribution is 0.0935. The van der Waals surface area contributed by atoms with Gasteiger partial charge in [-0.3, -0.25) is 4.79 Å². The molecule has 0 saturated heterocycles. The lowest BCUT2D eigenvalue weighted by atomic mass is 10.1. The second-order valence-electron chi connectivity index (χ2n) is 6.35. The van der Waals surface area contributed by atoms with E-state index >= 15 is 0 Å². The van der Waals surface area contributed by atoms with Crippen molar-refractivity contribution in [3.63, 3.8) is 0 Å². The zero-order valence-electron chi connectivity index (χ0n) is 15.4. The van der Waals surface area contributed by atoms with Crippen molar-refractivity contribution >= 4 is 15.9 Å². The van der Waals surface area contributed by atoms with Gasteiger partial charge in [0.05, 0.1) is 10.9 Å². The second kappa shape index (κ2) is 7.01. The molecule has 0 radical (unpaired) electrons. The van der Waals surface area contributed by atoms with E-state index in [1.54, 1.807) is 19.9 Å². The third kappa shape index (κ3) is 3.93. The fraction of sp³-hybridized carbons (Fsp3) is 0.389. The number of rotatable bonds is 5. The zero-order valence-corrected chi connectivity index (χ0v) is 16.2. The molecular weight excluding hydrogens is 340 g/mol. The number of carbonyl (C=O) groups is 1. The highest BCUT2D eigenvalue weighted by atomic mass is 32.2. The van der Waals surface area contributed by atoms with E-state index in [9.17, 15) is 13.2 Å². The van der Waals surface area contributed by atoms with Crippen molar-refractivity contribution in [2.45, 2.75) is 38.6 Å². The van der Waals surface area contributed by atoms with Gasteiger partial charge in [-0.1, -0.05) is 0 Å². The van der Waals surface area contributed by atoms with Gasteiger partial charge < -0.3 is 9.73 Å². The number of nitrogens with one attached hydrogen (secondary N) is 1. The van der Waals surface area contributed by atoms with E-state index in [0.29, 0.717) is 16.9 Å². The highest BCUT2D eigenvalue weighted by molar-refractivity contribution is 7.89. The minimum atomic E-state index is -3.63. The first-order valence-electron chi connectivity index (χ1n) is 7.95. The van der Waals surface area contributed by atoms with Gasteiger partial charge in [0.15, 0.2) is 0 Å². The molecule has 0 spiro atoms. The third-order valence-corrected chi connectivity index (χ3v) is 6.12. The summed E-state index contributed by atoms with van der Waals surface area (Å²) in [6.07, 6.45) is 0. The number of hydrogen-bond donors (Lipinski definition) is 1. The molecule has 6 nitrogen and oxygen atoms in total. The Morgan fingerprint density at radius 3 is 2.32 bits per heavy atom. The topological polar surface area (TPSA) is 79.6 Å². The maximum atomic E-state index is 12.6. The molecule has 0 fully saturated rings. The minimum absolute atomic E-state index is 0.143. The SMILES string of the molecule is Cc1ccc(C(C)NC(=O)c2cc(C)c(C)c(S(=O)(=O)N(C)C)c2)o1. The van der Waals surface area contributed by atoms with Crippen molar-refractivity contribution in [3.05, 3.63) is 52.5 Å². The molecule has 136 valence electrons. The van der Waals surface area contributed by atoms with Gasteiger partial charge in [-0.05, 0) is 63.1 Å². The van der Waals surface area contributed by atoms with Crippen LogP contribution >= 0.6 is 0 Å². The zero-order chi connectivity index (χ0) is 18.9. The van der Waals surface area contributed by atoms with Crippen LogP contribution in [0.5, 0.6) is 0 Å². The molecule has 2 rings (SSSR count). The van der Waals surface area contributed by atoms with E-state index in [1.807, 2.05) is 26.0 Å². The van der Waals surface area contributed by atoms with Crippen LogP contribution in [0.2, 0.25) is 0 Å². The molecule has 1 aromatic carbocycles. The maximum Gasteiger partial charge on any atom is 0.251 e. The Balaban J connectivity index is 2.36. The van der Waals surface area contributed by atoms with Crippen LogP contribution in [0, 0.1) is 20.8 Å². The highest BCUT2D eigenvalue weighted by Gasteiger charge is 2.23. The molecule has 0 aliphatic heterocycles. The van der Waals surface area contributed by atoms with Gasteiger partial charge in [0.25, 0.3) is 5.91 Å². The molecule has 1 heterocycles. The first-order valence-corrected chi connectivity index (χ1v) is 9.39. The summed E-state index contributed by atoms with van der Waals surface area (Å²) in [6.45, 7) is 7.18. The normalized spacial score (nSPS) is 13.1. The number of carbonyl (C=O) groups excluding carboxylic acids is 1. The van der Waals surface area contributed by atoms with Crippen molar-refractivity contribution in [2.75, 3.05) is 14.1 Å². The van der Waals surface area contributed by atoms with Crippen LogP contribution in [0.4, 0.5) is 0 Å². The molecule has 0 aliphatic carbocycles. The van der Waals surface area contributed by atoms with E-state index in [0.717, 1.165) is 15.6 Å². The van der Waals surface area contributed by atoms with Gasteiger partial charge in [-0.2, -0.15) is 0 Å². The molecule has 25 heavy (non-hydrogen) atoms. The van der Waals surface area contributed by atoms with Crippen LogP contribution < -0.4 is 5.32 Å². The third-order valence-electron chi connectivity index (χ3n) is 4.18. The Bertz CT molecular complexity index is 898. The fourth-order valence-electron chi connectivity index (χ4n) is 2.46. The number of sulfonamides is 1. The number of amides is 1. The quantitative estimate of drug-likeness (QED) is 0.885. The van der Waals surface area contributed by atoms with Crippen LogP contribution in [0.1, 0.15) is 46.0 Å². The van der Waals surface area contributed by atoms with Gasteiger partial charge in [-0.15, -0.1) is 0 Å². The maximum absolute atomic E-state index is 12.6. The summed E-state index contributed by atoms with van der Waals surface area (Å²) in [6, 6.07) is 6.43. The van der Waals surface area contributed by atoms with E-state index in [-0.39, 0.29) is 16.8 Å². The van der Waals surface area contributed by atoms with Crippen molar-refractivity contribution in [1.29, 1.82) is 0 Å². The Hall–Kier alpha value is -2.12. The molecule has 1 N–H and O–H groups in total. The molecule has 1 atom stereocenters. The summed E-state index contributed by atoms with van der Waals surface area (Å²) in [5.41, 5.74) is 1.69. The van der Waals surface area contributed by atoms with Gasteiger partial charge in [0.1, 0.15) is 11.5 Å². The summed E-state index contributed by atoms with van der Waals surface area (Å²) in [7, 11) is -0.688. The van der Waals surface area contributed by atoms with Crippen molar-refractivity contribution in [1.82, 2.24) is 9.62 Å². The Labute approximate surface area is 148 Å². The van der Waals surface area contributed by atoms with Crippen molar-refractivity contribution < 1.29 is 17.6 Å². The molecule has 7 heteroatoms. The van der Waals surface area contributed by atoms with E-state index < -0.39 is 10.0 Å². The number of hydrogen-bond acceptors (Lipinski definition) is 4. The average molecular weight is 364 g/mol. The first kappa shape index (κ1) is 19.2. The standard InChI is InChI=1S/C18H24N2O4S/c1-11-9-15(10-17(13(11)3)25(22,23)20(5)6)18(21)19-14(4)16-8-7-12(2)24-16/h7-10,14H,1-6H3,(H,19,21). The van der Waals surface area contributed by atoms with Gasteiger partial charge in [0, 0.05) is 19.7 Å². The molecule has 1 amide bonds. The molecule has 0 saturated carbocycles. The summed E-state index contributed by atoms with van der Waals surface area (Å²) in [5.74, 6) is 1.07.